The van der Waals surface area contributed by atoms with Crippen LogP contribution in [0.15, 0.2) is 42.6 Å². The van der Waals surface area contributed by atoms with Crippen LogP contribution in [0.5, 0.6) is 6.01 Å². The molecule has 9 heteroatoms. The summed E-state index contributed by atoms with van der Waals surface area (Å²) in [6.07, 6.45) is 7.08. The van der Waals surface area contributed by atoms with Crippen LogP contribution < -0.4 is 15.0 Å². The van der Waals surface area contributed by atoms with Crippen molar-refractivity contribution >= 4 is 27.5 Å². The van der Waals surface area contributed by atoms with Crippen molar-refractivity contribution < 1.29 is 13.5 Å². The Bertz CT molecular complexity index is 1540. The van der Waals surface area contributed by atoms with Gasteiger partial charge in [-0.15, -0.1) is 0 Å². The van der Waals surface area contributed by atoms with E-state index in [9.17, 15) is 4.39 Å². The van der Waals surface area contributed by atoms with Gasteiger partial charge in [-0.2, -0.15) is 9.97 Å². The van der Waals surface area contributed by atoms with E-state index in [2.05, 4.69) is 25.1 Å². The van der Waals surface area contributed by atoms with E-state index in [-0.39, 0.29) is 28.8 Å². The van der Waals surface area contributed by atoms with E-state index in [4.69, 9.17) is 9.72 Å². The Morgan fingerprint density at radius 3 is 2.67 bits per heavy atom. The molecule has 3 fully saturated rings. The SMILES string of the molecule is CN(c1nc(OCC23CCCN2CCC3)nc2c(F)c(-c3cccc4cccc(F)c34)ncc12)[C@@H]1CCNC1. The molecule has 7 nitrogen and oxygen atoms in total. The van der Waals surface area contributed by atoms with Gasteiger partial charge in [0.05, 0.1) is 10.9 Å². The predicted octanol–water partition coefficient (Wildman–Crippen LogP) is 4.93. The van der Waals surface area contributed by atoms with Crippen LogP contribution in [0, 0.1) is 11.6 Å². The largest absolute Gasteiger partial charge is 0.461 e. The summed E-state index contributed by atoms with van der Waals surface area (Å²) in [6.45, 7) is 4.41. The molecule has 0 aliphatic carbocycles. The number of rotatable bonds is 6. The summed E-state index contributed by atoms with van der Waals surface area (Å²) in [7, 11) is 1.98. The smallest absolute Gasteiger partial charge is 0.319 e. The number of hydrogen-bond acceptors (Lipinski definition) is 7. The van der Waals surface area contributed by atoms with Crippen molar-refractivity contribution in [2.75, 3.05) is 44.7 Å². The van der Waals surface area contributed by atoms with Crippen molar-refractivity contribution in [1.29, 1.82) is 0 Å². The first-order chi connectivity index (χ1) is 19.0. The molecule has 5 heterocycles. The molecule has 3 aliphatic heterocycles. The van der Waals surface area contributed by atoms with E-state index >= 15 is 4.39 Å². The minimum absolute atomic E-state index is 0.0161. The van der Waals surface area contributed by atoms with E-state index in [0.717, 1.165) is 58.3 Å². The number of anilines is 1. The second-order valence-electron chi connectivity index (χ2n) is 11.1. The molecule has 0 saturated carbocycles. The maximum absolute atomic E-state index is 16.4. The van der Waals surface area contributed by atoms with Gasteiger partial charge in [0, 0.05) is 36.8 Å². The minimum Gasteiger partial charge on any atom is -0.461 e. The van der Waals surface area contributed by atoms with Crippen molar-refractivity contribution in [2.24, 2.45) is 0 Å². The number of hydrogen-bond donors (Lipinski definition) is 1. The first-order valence-corrected chi connectivity index (χ1v) is 13.9. The fourth-order valence-corrected chi connectivity index (χ4v) is 6.84. The lowest BCUT2D eigenvalue weighted by molar-refractivity contribution is 0.108. The molecule has 0 spiro atoms. The summed E-state index contributed by atoms with van der Waals surface area (Å²) in [5.74, 6) is -0.420. The van der Waals surface area contributed by atoms with Crippen molar-refractivity contribution in [2.45, 2.75) is 43.7 Å². The summed E-state index contributed by atoms with van der Waals surface area (Å²) >= 11 is 0. The Balaban J connectivity index is 1.35. The Morgan fingerprint density at radius 1 is 1.10 bits per heavy atom. The van der Waals surface area contributed by atoms with Gasteiger partial charge >= 0.3 is 6.01 Å². The molecular formula is C30H32F2N6O. The first kappa shape index (κ1) is 24.6. The quantitative estimate of drug-likeness (QED) is 0.379. The number of pyridine rings is 1. The van der Waals surface area contributed by atoms with Crippen molar-refractivity contribution in [1.82, 2.24) is 25.2 Å². The number of halogens is 2. The lowest BCUT2D eigenvalue weighted by Crippen LogP contribution is -2.43. The maximum atomic E-state index is 16.4. The summed E-state index contributed by atoms with van der Waals surface area (Å²) in [6, 6.07) is 10.5. The molecule has 0 bridgehead atoms. The van der Waals surface area contributed by atoms with E-state index in [1.54, 1.807) is 24.4 Å². The Kier molecular flexibility index (Phi) is 6.08. The zero-order valence-corrected chi connectivity index (χ0v) is 22.1. The van der Waals surface area contributed by atoms with Crippen molar-refractivity contribution in [3.8, 4) is 17.3 Å². The average Bonchev–Trinajstić information content (AvgIpc) is 3.70. The zero-order chi connectivity index (χ0) is 26.6. The third-order valence-electron chi connectivity index (χ3n) is 8.95. The van der Waals surface area contributed by atoms with Crippen molar-refractivity contribution in [3.05, 3.63) is 54.2 Å². The molecule has 0 radical (unpaired) electrons. The molecule has 3 saturated heterocycles. The minimum atomic E-state index is -0.601. The van der Waals surface area contributed by atoms with E-state index < -0.39 is 11.6 Å². The molecule has 202 valence electrons. The third kappa shape index (κ3) is 4.10. The average molecular weight is 531 g/mol. The molecule has 7 rings (SSSR count). The fraction of sp³-hybridized carbons (Fsp3) is 0.433. The van der Waals surface area contributed by atoms with Gasteiger partial charge in [0.1, 0.15) is 29.5 Å². The van der Waals surface area contributed by atoms with Gasteiger partial charge in [0.25, 0.3) is 0 Å². The van der Waals surface area contributed by atoms with Crippen LogP contribution in [0.4, 0.5) is 14.6 Å². The highest BCUT2D eigenvalue weighted by atomic mass is 19.1. The van der Waals surface area contributed by atoms with Crippen LogP contribution in [0.3, 0.4) is 0 Å². The van der Waals surface area contributed by atoms with Gasteiger partial charge in [-0.05, 0) is 63.2 Å². The van der Waals surface area contributed by atoms with Gasteiger partial charge in [-0.25, -0.2) is 8.78 Å². The van der Waals surface area contributed by atoms with Gasteiger partial charge in [0.2, 0.25) is 0 Å². The lowest BCUT2D eigenvalue weighted by atomic mass is 9.95. The van der Waals surface area contributed by atoms with E-state index in [1.807, 2.05) is 19.2 Å². The molecule has 39 heavy (non-hydrogen) atoms. The van der Waals surface area contributed by atoms with E-state index in [1.165, 1.54) is 6.07 Å². The van der Waals surface area contributed by atoms with Crippen LogP contribution in [0.25, 0.3) is 32.9 Å². The number of ether oxygens (including phenoxy) is 1. The summed E-state index contributed by atoms with van der Waals surface area (Å²) in [5.41, 5.74) is 0.614. The number of fused-ring (bicyclic) bond motifs is 3. The fourth-order valence-electron chi connectivity index (χ4n) is 6.84. The normalized spacial score (nSPS) is 20.6. The maximum Gasteiger partial charge on any atom is 0.319 e. The number of benzene rings is 2. The highest BCUT2D eigenvalue weighted by Crippen LogP contribution is 2.40. The molecule has 4 aromatic rings. The van der Waals surface area contributed by atoms with Gasteiger partial charge in [-0.3, -0.25) is 9.88 Å². The van der Waals surface area contributed by atoms with Crippen LogP contribution in [0.1, 0.15) is 32.1 Å². The van der Waals surface area contributed by atoms with Gasteiger partial charge in [0.15, 0.2) is 5.82 Å². The van der Waals surface area contributed by atoms with Gasteiger partial charge < -0.3 is 15.0 Å². The number of likely N-dealkylation sites (N-methyl/N-ethyl adjacent to an activating group) is 1. The summed E-state index contributed by atoms with van der Waals surface area (Å²) in [4.78, 5) is 18.5. The number of nitrogens with zero attached hydrogens (tertiary/aromatic N) is 5. The highest BCUT2D eigenvalue weighted by Gasteiger charge is 2.45. The molecule has 0 unspecified atom stereocenters. The van der Waals surface area contributed by atoms with Crippen molar-refractivity contribution in [3.63, 3.8) is 0 Å². The Labute approximate surface area is 226 Å². The molecule has 3 aliphatic rings. The summed E-state index contributed by atoms with van der Waals surface area (Å²) < 4.78 is 37.6. The second-order valence-corrected chi connectivity index (χ2v) is 11.1. The second kappa shape index (κ2) is 9.64. The van der Waals surface area contributed by atoms with Crippen LogP contribution in [0.2, 0.25) is 0 Å². The monoisotopic (exact) mass is 530 g/mol. The Morgan fingerprint density at radius 2 is 1.90 bits per heavy atom. The first-order valence-electron chi connectivity index (χ1n) is 13.9. The van der Waals surface area contributed by atoms with Crippen LogP contribution in [-0.2, 0) is 0 Å². The number of nitrogens with one attached hydrogen (secondary N) is 1. The van der Waals surface area contributed by atoms with E-state index in [0.29, 0.717) is 34.1 Å². The van der Waals surface area contributed by atoms with Crippen LogP contribution >= 0.6 is 0 Å². The standard InChI is InChI=1S/C30H32F2N6O/c1-37(20-10-13-33-16-20)28-22-17-34-26(21-8-2-6-19-7-3-9-23(31)24(19)21)25(32)27(22)35-29(36-28)39-18-30-11-4-14-38(30)15-5-12-30/h2-3,6-9,17,20,33H,4-5,10-16,18H2,1H3/t20-/m1/s1. The highest BCUT2D eigenvalue weighted by molar-refractivity contribution is 5.99. The molecule has 2 aromatic heterocycles. The lowest BCUT2D eigenvalue weighted by Gasteiger charge is -2.31. The molecular weight excluding hydrogens is 498 g/mol. The molecule has 2 aromatic carbocycles. The van der Waals surface area contributed by atoms with Gasteiger partial charge in [-0.1, -0.05) is 30.3 Å². The predicted molar refractivity (Wildman–Crippen MR) is 148 cm³/mol. The molecule has 0 amide bonds. The molecule has 1 atom stereocenters. The Hall–Kier alpha value is -3.43. The molecule has 1 N–H and O–H groups in total. The topological polar surface area (TPSA) is 66.4 Å². The summed E-state index contributed by atoms with van der Waals surface area (Å²) in [5, 5.41) is 4.93. The number of aromatic nitrogens is 3. The third-order valence-corrected chi connectivity index (χ3v) is 8.95. The van der Waals surface area contributed by atoms with Crippen LogP contribution in [-0.4, -0.2) is 71.3 Å². The zero-order valence-electron chi connectivity index (χ0n) is 22.1.